The molecule has 64 valence electrons. The molecular formula is C10H19N. The van der Waals surface area contributed by atoms with E-state index in [0.29, 0.717) is 5.41 Å². The second kappa shape index (κ2) is 4.38. The van der Waals surface area contributed by atoms with Crippen molar-refractivity contribution in [1.29, 1.82) is 5.26 Å². The molecule has 0 aromatic heterocycles. The van der Waals surface area contributed by atoms with Crippen LogP contribution in [0.5, 0.6) is 0 Å². The summed E-state index contributed by atoms with van der Waals surface area (Å²) >= 11 is 0. The van der Waals surface area contributed by atoms with Crippen LogP contribution in [0.4, 0.5) is 0 Å². The van der Waals surface area contributed by atoms with Crippen molar-refractivity contribution in [3.63, 3.8) is 0 Å². The largest absolute Gasteiger partial charge is 0.202 e. The Bertz CT molecular complexity index is 124. The first-order valence-electron chi connectivity index (χ1n) is 4.36. The van der Waals surface area contributed by atoms with Crippen LogP contribution in [-0.4, -0.2) is 0 Å². The summed E-state index contributed by atoms with van der Waals surface area (Å²) in [6, 6.07) is 0. The van der Waals surface area contributed by atoms with E-state index in [4.69, 9.17) is 5.26 Å². The van der Waals surface area contributed by atoms with E-state index in [1.54, 1.807) is 0 Å². The van der Waals surface area contributed by atoms with E-state index in [-0.39, 0.29) is 0 Å². The van der Waals surface area contributed by atoms with E-state index < -0.39 is 0 Å². The molecule has 0 heterocycles. The zero-order valence-electron chi connectivity index (χ0n) is 7.93. The van der Waals surface area contributed by atoms with Gasteiger partial charge in [-0.15, -0.1) is 0 Å². The van der Waals surface area contributed by atoms with Gasteiger partial charge in [-0.25, -0.2) is 5.26 Å². The molecule has 0 bridgehead atoms. The van der Waals surface area contributed by atoms with Gasteiger partial charge >= 0.3 is 0 Å². The third-order valence-electron chi connectivity index (χ3n) is 2.45. The molecule has 1 aliphatic carbocycles. The molecule has 1 atom stereocenters. The van der Waals surface area contributed by atoms with Crippen LogP contribution in [0.2, 0.25) is 0 Å². The summed E-state index contributed by atoms with van der Waals surface area (Å²) < 4.78 is 0. The number of nitriles is 1. The Morgan fingerprint density at radius 1 is 1.36 bits per heavy atom. The summed E-state index contributed by atoms with van der Waals surface area (Å²) in [5, 5.41) is 6.50. The molecule has 11 heavy (non-hydrogen) atoms. The Balaban J connectivity index is 0.000000461. The molecule has 0 aliphatic heterocycles. The molecule has 0 radical (unpaired) electrons. The summed E-state index contributed by atoms with van der Waals surface area (Å²) in [5.74, 6) is 0.980. The maximum Gasteiger partial charge on any atom is 0.0462 e. The van der Waals surface area contributed by atoms with Crippen LogP contribution in [0.25, 0.3) is 0 Å². The van der Waals surface area contributed by atoms with Gasteiger partial charge < -0.3 is 0 Å². The number of hydrogen-bond donors (Lipinski definition) is 0. The third kappa shape index (κ3) is 4.03. The summed E-state index contributed by atoms with van der Waals surface area (Å²) in [5.41, 5.74) is 0.650. The molecule has 1 aliphatic rings. The average Bonchev–Trinajstić information content (AvgIpc) is 1.89. The van der Waals surface area contributed by atoms with E-state index in [1.807, 2.05) is 0 Å². The lowest BCUT2D eigenvalue weighted by Crippen LogP contribution is -2.20. The SMILES string of the molecule is C#N.CC1CCCC(C)(C)C1. The van der Waals surface area contributed by atoms with Crippen molar-refractivity contribution in [1.82, 2.24) is 0 Å². The summed E-state index contributed by atoms with van der Waals surface area (Å²) in [6.07, 6.45) is 5.79. The summed E-state index contributed by atoms with van der Waals surface area (Å²) in [6.45, 7) is 10.7. The maximum absolute atomic E-state index is 6.50. The molecule has 1 heteroatoms. The fourth-order valence-electron chi connectivity index (χ4n) is 2.08. The molecule has 1 saturated carbocycles. The van der Waals surface area contributed by atoms with E-state index in [9.17, 15) is 0 Å². The van der Waals surface area contributed by atoms with Crippen LogP contribution in [0.3, 0.4) is 0 Å². The van der Waals surface area contributed by atoms with Crippen molar-refractivity contribution in [3.05, 3.63) is 0 Å². The van der Waals surface area contributed by atoms with Crippen molar-refractivity contribution in [2.75, 3.05) is 0 Å². The normalized spacial score (nSPS) is 28.3. The van der Waals surface area contributed by atoms with Crippen LogP contribution in [0, 0.1) is 23.2 Å². The van der Waals surface area contributed by atoms with E-state index >= 15 is 0 Å². The Morgan fingerprint density at radius 3 is 2.18 bits per heavy atom. The van der Waals surface area contributed by atoms with Crippen molar-refractivity contribution >= 4 is 0 Å². The van der Waals surface area contributed by atoms with Gasteiger partial charge in [-0.3, -0.25) is 0 Å². The molecule has 0 aromatic carbocycles. The highest BCUT2D eigenvalue weighted by Crippen LogP contribution is 2.37. The minimum atomic E-state index is 0.650. The van der Waals surface area contributed by atoms with Crippen LogP contribution >= 0.6 is 0 Å². The zero-order valence-corrected chi connectivity index (χ0v) is 7.93. The molecule has 1 fully saturated rings. The fourth-order valence-corrected chi connectivity index (χ4v) is 2.08. The molecule has 1 unspecified atom stereocenters. The maximum atomic E-state index is 6.50. The van der Waals surface area contributed by atoms with Gasteiger partial charge in [0, 0.05) is 6.57 Å². The quantitative estimate of drug-likeness (QED) is 0.523. The van der Waals surface area contributed by atoms with Crippen LogP contribution < -0.4 is 0 Å². The van der Waals surface area contributed by atoms with Crippen LogP contribution in [-0.2, 0) is 0 Å². The fraction of sp³-hybridized carbons (Fsp3) is 0.900. The molecule has 0 aromatic rings. The molecule has 0 N–H and O–H groups in total. The van der Waals surface area contributed by atoms with E-state index in [2.05, 4.69) is 27.3 Å². The molecule has 0 amide bonds. The molecule has 1 rings (SSSR count). The van der Waals surface area contributed by atoms with Gasteiger partial charge in [0.15, 0.2) is 0 Å². The highest BCUT2D eigenvalue weighted by Gasteiger charge is 2.24. The van der Waals surface area contributed by atoms with Gasteiger partial charge in [0.25, 0.3) is 0 Å². The number of hydrogen-bond acceptors (Lipinski definition) is 1. The summed E-state index contributed by atoms with van der Waals surface area (Å²) in [7, 11) is 0. The first kappa shape index (κ1) is 10.5. The zero-order chi connectivity index (χ0) is 8.91. The Morgan fingerprint density at radius 2 is 1.91 bits per heavy atom. The van der Waals surface area contributed by atoms with Crippen LogP contribution in [0.1, 0.15) is 46.5 Å². The van der Waals surface area contributed by atoms with Crippen molar-refractivity contribution < 1.29 is 0 Å². The predicted octanol–water partition coefficient (Wildman–Crippen LogP) is 3.36. The van der Waals surface area contributed by atoms with Gasteiger partial charge in [-0.05, 0) is 24.2 Å². The first-order chi connectivity index (χ1) is 5.10. The van der Waals surface area contributed by atoms with E-state index in [1.165, 1.54) is 25.7 Å². The minimum Gasteiger partial charge on any atom is -0.202 e. The lowest BCUT2D eigenvalue weighted by Gasteiger charge is -2.33. The van der Waals surface area contributed by atoms with E-state index in [0.717, 1.165) is 5.92 Å². The lowest BCUT2D eigenvalue weighted by atomic mass is 9.73. The van der Waals surface area contributed by atoms with Gasteiger partial charge in [-0.2, -0.15) is 0 Å². The Kier molecular flexibility index (Phi) is 4.18. The number of rotatable bonds is 0. The first-order valence-corrected chi connectivity index (χ1v) is 4.36. The van der Waals surface area contributed by atoms with Gasteiger partial charge in [-0.1, -0.05) is 33.6 Å². The highest BCUT2D eigenvalue weighted by molar-refractivity contribution is 4.76. The van der Waals surface area contributed by atoms with Crippen molar-refractivity contribution in [2.45, 2.75) is 46.5 Å². The Hall–Kier alpha value is -0.510. The standard InChI is InChI=1S/C9H18.CHN/c1-8-5-4-6-9(2,3)7-8;1-2/h8H,4-7H2,1-3H3;1H. The highest BCUT2D eigenvalue weighted by atomic mass is 14.3. The number of nitrogens with zero attached hydrogens (tertiary/aromatic N) is 1. The van der Waals surface area contributed by atoms with Gasteiger partial charge in [0.05, 0.1) is 0 Å². The third-order valence-corrected chi connectivity index (χ3v) is 2.45. The second-order valence-corrected chi connectivity index (χ2v) is 4.37. The molecule has 0 spiro atoms. The topological polar surface area (TPSA) is 23.8 Å². The monoisotopic (exact) mass is 153 g/mol. The molecule has 0 saturated heterocycles. The lowest BCUT2D eigenvalue weighted by molar-refractivity contribution is 0.191. The summed E-state index contributed by atoms with van der Waals surface area (Å²) in [4.78, 5) is 0. The second-order valence-electron chi connectivity index (χ2n) is 4.37. The Labute approximate surface area is 70.4 Å². The smallest absolute Gasteiger partial charge is 0.0462 e. The minimum absolute atomic E-state index is 0.650. The van der Waals surface area contributed by atoms with Gasteiger partial charge in [0.1, 0.15) is 0 Å². The van der Waals surface area contributed by atoms with Gasteiger partial charge in [0.2, 0.25) is 0 Å². The molecule has 1 nitrogen and oxygen atoms in total. The van der Waals surface area contributed by atoms with Crippen LogP contribution in [0.15, 0.2) is 0 Å². The predicted molar refractivity (Wildman–Crippen MR) is 48.1 cm³/mol. The van der Waals surface area contributed by atoms with Crippen molar-refractivity contribution in [2.24, 2.45) is 11.3 Å². The van der Waals surface area contributed by atoms with Crippen molar-refractivity contribution in [3.8, 4) is 6.57 Å². The molecular weight excluding hydrogens is 134 g/mol. The average molecular weight is 153 g/mol.